The van der Waals surface area contributed by atoms with Gasteiger partial charge in [-0.05, 0) is 25.0 Å². The van der Waals surface area contributed by atoms with Crippen molar-refractivity contribution in [1.29, 1.82) is 0 Å². The lowest BCUT2D eigenvalue weighted by Crippen LogP contribution is -2.39. The van der Waals surface area contributed by atoms with E-state index >= 15 is 0 Å². The minimum Gasteiger partial charge on any atom is -0.493 e. The number of fused-ring (bicyclic) bond motifs is 1. The third-order valence-electron chi connectivity index (χ3n) is 3.51. The van der Waals surface area contributed by atoms with E-state index in [0.29, 0.717) is 12.6 Å². The number of H-pyrrole nitrogens is 1. The monoisotopic (exact) mass is 273 g/mol. The molecule has 1 atom stereocenters. The lowest BCUT2D eigenvalue weighted by Gasteiger charge is -2.27. The highest BCUT2D eigenvalue weighted by Gasteiger charge is 2.22. The molecule has 0 fully saturated rings. The average Bonchev–Trinajstić information content (AvgIpc) is 2.89. The normalized spacial score (nSPS) is 17.4. The highest BCUT2D eigenvalue weighted by Crippen LogP contribution is 2.34. The van der Waals surface area contributed by atoms with Gasteiger partial charge < -0.3 is 19.8 Å². The van der Waals surface area contributed by atoms with Crippen LogP contribution in [0.25, 0.3) is 0 Å². The van der Waals surface area contributed by atoms with Crippen LogP contribution in [-0.4, -0.2) is 29.7 Å². The maximum atomic E-state index is 5.84. The summed E-state index contributed by atoms with van der Waals surface area (Å²) in [6.45, 7) is 3.38. The first-order valence-corrected chi connectivity index (χ1v) is 6.79. The number of nitrogens with zero attached hydrogens (tertiary/aromatic N) is 1. The van der Waals surface area contributed by atoms with Crippen LogP contribution in [0.1, 0.15) is 17.1 Å². The molecule has 106 valence electrons. The molecule has 1 aliphatic rings. The molecule has 0 aliphatic carbocycles. The minimum absolute atomic E-state index is 0.304. The molecule has 2 N–H and O–H groups in total. The molecule has 20 heavy (non-hydrogen) atoms. The van der Waals surface area contributed by atoms with Gasteiger partial charge in [0.1, 0.15) is 12.4 Å². The molecule has 0 amide bonds. The third-order valence-corrected chi connectivity index (χ3v) is 3.51. The van der Waals surface area contributed by atoms with Crippen molar-refractivity contribution in [3.05, 3.63) is 41.5 Å². The molecule has 2 heterocycles. The van der Waals surface area contributed by atoms with Crippen LogP contribution in [0.3, 0.4) is 0 Å². The fraction of sp³-hybridized carbons (Fsp3) is 0.400. The summed E-state index contributed by atoms with van der Waals surface area (Å²) in [5.74, 6) is 2.63. The first-order chi connectivity index (χ1) is 9.76. The van der Waals surface area contributed by atoms with E-state index in [0.717, 1.165) is 36.0 Å². The number of aromatic nitrogens is 2. The van der Waals surface area contributed by atoms with E-state index in [1.165, 1.54) is 5.56 Å². The molecule has 1 aromatic carbocycles. The van der Waals surface area contributed by atoms with Crippen LogP contribution in [0, 0.1) is 6.92 Å². The summed E-state index contributed by atoms with van der Waals surface area (Å²) in [5.41, 5.74) is 2.29. The number of imidazole rings is 1. The summed E-state index contributed by atoms with van der Waals surface area (Å²) >= 11 is 0. The number of methoxy groups -OCH3 is 1. The van der Waals surface area contributed by atoms with Gasteiger partial charge in [0, 0.05) is 24.5 Å². The van der Waals surface area contributed by atoms with Gasteiger partial charge in [0.2, 0.25) is 0 Å². The van der Waals surface area contributed by atoms with Crippen molar-refractivity contribution in [2.24, 2.45) is 0 Å². The molecular formula is C15H19N3O2. The molecule has 0 spiro atoms. The van der Waals surface area contributed by atoms with Crippen molar-refractivity contribution < 1.29 is 9.47 Å². The number of benzene rings is 1. The molecule has 2 aromatic rings. The zero-order chi connectivity index (χ0) is 13.9. The van der Waals surface area contributed by atoms with Crippen molar-refractivity contribution in [2.75, 3.05) is 13.7 Å². The summed E-state index contributed by atoms with van der Waals surface area (Å²) in [5, 5.41) is 3.49. The summed E-state index contributed by atoms with van der Waals surface area (Å²) in [6, 6.07) is 6.33. The van der Waals surface area contributed by atoms with Crippen LogP contribution in [0.4, 0.5) is 0 Å². The van der Waals surface area contributed by atoms with Crippen molar-refractivity contribution >= 4 is 0 Å². The number of hydrogen-bond donors (Lipinski definition) is 2. The molecule has 5 heteroatoms. The summed E-state index contributed by atoms with van der Waals surface area (Å²) in [4.78, 5) is 7.41. The van der Waals surface area contributed by atoms with Crippen LogP contribution in [0.2, 0.25) is 0 Å². The van der Waals surface area contributed by atoms with Gasteiger partial charge in [0.25, 0.3) is 0 Å². The Labute approximate surface area is 118 Å². The topological polar surface area (TPSA) is 59.2 Å². The molecule has 0 radical (unpaired) electrons. The number of para-hydroxylation sites is 1. The quantitative estimate of drug-likeness (QED) is 0.892. The second-order valence-corrected chi connectivity index (χ2v) is 5.04. The van der Waals surface area contributed by atoms with E-state index in [1.807, 2.05) is 25.3 Å². The number of nitrogens with one attached hydrogen (secondary N) is 2. The molecule has 1 aromatic heterocycles. The lowest BCUT2D eigenvalue weighted by atomic mass is 10.0. The molecule has 0 saturated carbocycles. The van der Waals surface area contributed by atoms with Gasteiger partial charge in [0.05, 0.1) is 7.11 Å². The number of rotatable bonds is 4. The van der Waals surface area contributed by atoms with Gasteiger partial charge in [-0.1, -0.05) is 12.1 Å². The van der Waals surface area contributed by atoms with E-state index in [1.54, 1.807) is 7.11 Å². The Morgan fingerprint density at radius 3 is 3.15 bits per heavy atom. The van der Waals surface area contributed by atoms with Crippen LogP contribution >= 0.6 is 0 Å². The van der Waals surface area contributed by atoms with Gasteiger partial charge in [-0.3, -0.25) is 0 Å². The van der Waals surface area contributed by atoms with Gasteiger partial charge >= 0.3 is 0 Å². The van der Waals surface area contributed by atoms with Crippen molar-refractivity contribution in [3.8, 4) is 11.5 Å². The van der Waals surface area contributed by atoms with Crippen molar-refractivity contribution in [1.82, 2.24) is 15.3 Å². The maximum Gasteiger partial charge on any atom is 0.164 e. The van der Waals surface area contributed by atoms with E-state index in [-0.39, 0.29) is 0 Å². The number of ether oxygens (including phenoxy) is 2. The molecular weight excluding hydrogens is 254 g/mol. The lowest BCUT2D eigenvalue weighted by molar-refractivity contribution is 0.226. The number of aromatic amines is 1. The van der Waals surface area contributed by atoms with Gasteiger partial charge in [-0.25, -0.2) is 4.98 Å². The molecule has 5 nitrogen and oxygen atoms in total. The molecule has 1 aliphatic heterocycles. The SMILES string of the molecule is COc1cccc2c1OCC(NCc1cnc(C)[nH]1)C2. The molecule has 3 rings (SSSR count). The highest BCUT2D eigenvalue weighted by molar-refractivity contribution is 5.48. The minimum atomic E-state index is 0.304. The van der Waals surface area contributed by atoms with Crippen LogP contribution in [0.5, 0.6) is 11.5 Å². The predicted molar refractivity (Wildman–Crippen MR) is 76.1 cm³/mol. The second kappa shape index (κ2) is 5.54. The average molecular weight is 273 g/mol. The molecule has 0 bridgehead atoms. The predicted octanol–water partition coefficient (Wildman–Crippen LogP) is 1.82. The van der Waals surface area contributed by atoms with E-state index < -0.39 is 0 Å². The standard InChI is InChI=1S/C15H19N3O2/c1-10-16-7-13(18-10)8-17-12-6-11-4-3-5-14(19-2)15(11)20-9-12/h3-5,7,12,17H,6,8-9H2,1-2H3,(H,16,18). The zero-order valence-corrected chi connectivity index (χ0v) is 11.8. The Morgan fingerprint density at radius 1 is 1.50 bits per heavy atom. The van der Waals surface area contributed by atoms with Gasteiger partial charge in [-0.15, -0.1) is 0 Å². The van der Waals surface area contributed by atoms with Crippen molar-refractivity contribution in [3.63, 3.8) is 0 Å². The smallest absolute Gasteiger partial charge is 0.164 e. The molecule has 0 saturated heterocycles. The van der Waals surface area contributed by atoms with Crippen LogP contribution in [0.15, 0.2) is 24.4 Å². The van der Waals surface area contributed by atoms with Crippen molar-refractivity contribution in [2.45, 2.75) is 25.9 Å². The Kier molecular flexibility index (Phi) is 3.60. The molecule has 1 unspecified atom stereocenters. The fourth-order valence-corrected chi connectivity index (χ4v) is 2.50. The van der Waals surface area contributed by atoms with E-state index in [9.17, 15) is 0 Å². The largest absolute Gasteiger partial charge is 0.493 e. The van der Waals surface area contributed by atoms with Gasteiger partial charge in [-0.2, -0.15) is 0 Å². The first kappa shape index (κ1) is 13.0. The second-order valence-electron chi connectivity index (χ2n) is 5.04. The Bertz CT molecular complexity index is 595. The fourth-order valence-electron chi connectivity index (χ4n) is 2.50. The maximum absolute atomic E-state index is 5.84. The Balaban J connectivity index is 1.64. The summed E-state index contributed by atoms with van der Waals surface area (Å²) in [7, 11) is 1.67. The van der Waals surface area contributed by atoms with Crippen LogP contribution < -0.4 is 14.8 Å². The van der Waals surface area contributed by atoms with E-state index in [4.69, 9.17) is 9.47 Å². The zero-order valence-electron chi connectivity index (χ0n) is 11.8. The van der Waals surface area contributed by atoms with Gasteiger partial charge in [0.15, 0.2) is 11.5 Å². The Morgan fingerprint density at radius 2 is 2.40 bits per heavy atom. The summed E-state index contributed by atoms with van der Waals surface area (Å²) < 4.78 is 11.2. The van der Waals surface area contributed by atoms with Crippen LogP contribution in [-0.2, 0) is 13.0 Å². The summed E-state index contributed by atoms with van der Waals surface area (Å²) in [6.07, 6.45) is 2.81. The third kappa shape index (κ3) is 2.63. The first-order valence-electron chi connectivity index (χ1n) is 6.79. The number of aryl methyl sites for hydroxylation is 1. The van der Waals surface area contributed by atoms with E-state index in [2.05, 4.69) is 21.4 Å². The Hall–Kier alpha value is -2.01. The number of hydrogen-bond acceptors (Lipinski definition) is 4. The highest BCUT2D eigenvalue weighted by atomic mass is 16.5.